The molecule has 58 valence electrons. The van der Waals surface area contributed by atoms with Crippen molar-refractivity contribution >= 4 is 18.9 Å². The highest BCUT2D eigenvalue weighted by Crippen LogP contribution is 2.01. The van der Waals surface area contributed by atoms with E-state index in [-0.39, 0.29) is 0 Å². The van der Waals surface area contributed by atoms with Crippen LogP contribution in [0.1, 0.15) is 0 Å². The van der Waals surface area contributed by atoms with Crippen LogP contribution in [0, 0.1) is 0 Å². The zero-order valence-corrected chi connectivity index (χ0v) is 5.99. The van der Waals surface area contributed by atoms with E-state index in [2.05, 4.69) is 5.32 Å². The van der Waals surface area contributed by atoms with E-state index in [4.69, 9.17) is 4.79 Å². The highest BCUT2D eigenvalue weighted by Gasteiger charge is 1.81. The fraction of sp³-hybridized carbons (Fsp3) is 0. The van der Waals surface area contributed by atoms with Gasteiger partial charge in [0.2, 0.25) is 6.41 Å². The fourth-order valence-corrected chi connectivity index (χ4v) is 0.602. The Kier molecular flexibility index (Phi) is 5.51. The van der Waals surface area contributed by atoms with Crippen LogP contribution in [0.3, 0.4) is 0 Å². The van der Waals surface area contributed by atoms with Crippen molar-refractivity contribution in [3.8, 4) is 0 Å². The predicted octanol–water partition coefficient (Wildman–Crippen LogP) is 1.07. The van der Waals surface area contributed by atoms with Gasteiger partial charge in [-0.15, -0.1) is 0 Å². The largest absolute Gasteiger partial charge is 0.329 e. The van der Waals surface area contributed by atoms with Crippen LogP contribution in [0.15, 0.2) is 30.3 Å². The maximum absolute atomic E-state index is 9.86. The first-order chi connectivity index (χ1) is 5.43. The Balaban J connectivity index is 0.000000461. The number of benzene rings is 1. The van der Waals surface area contributed by atoms with Gasteiger partial charge in [-0.05, 0) is 12.1 Å². The molecule has 0 aliphatic carbocycles. The molecule has 0 heterocycles. The van der Waals surface area contributed by atoms with Crippen LogP contribution in [-0.2, 0) is 9.59 Å². The van der Waals surface area contributed by atoms with Gasteiger partial charge in [0.25, 0.3) is 0 Å². The predicted molar refractivity (Wildman–Crippen MR) is 43.2 cm³/mol. The summed E-state index contributed by atoms with van der Waals surface area (Å²) in [5, 5.41) is 2.53. The minimum Gasteiger partial charge on any atom is -0.329 e. The van der Waals surface area contributed by atoms with Crippen molar-refractivity contribution < 1.29 is 9.59 Å². The molecule has 0 aliphatic heterocycles. The molecule has 0 bridgehead atoms. The highest BCUT2D eigenvalue weighted by molar-refractivity contribution is 5.70. The molecule has 0 radical (unpaired) electrons. The number of nitrogens with one attached hydrogen (secondary N) is 1. The van der Waals surface area contributed by atoms with Gasteiger partial charge in [0.05, 0.1) is 0 Å². The summed E-state index contributed by atoms with van der Waals surface area (Å²) in [6.45, 7) is 2.00. The van der Waals surface area contributed by atoms with Crippen LogP contribution in [0.4, 0.5) is 5.69 Å². The van der Waals surface area contributed by atoms with Crippen LogP contribution >= 0.6 is 0 Å². The standard InChI is InChI=1S/C7H7NO.CH2O/c9-6-8-7-4-2-1-3-5-7;1-2/h1-6H,(H,8,9);1H2. The summed E-state index contributed by atoms with van der Waals surface area (Å²) < 4.78 is 0. The first-order valence-electron chi connectivity index (χ1n) is 2.97. The molecule has 0 saturated carbocycles. The Morgan fingerprint density at radius 2 is 1.73 bits per heavy atom. The molecule has 11 heavy (non-hydrogen) atoms. The molecule has 3 nitrogen and oxygen atoms in total. The summed E-state index contributed by atoms with van der Waals surface area (Å²) in [4.78, 5) is 17.9. The molecule has 0 saturated heterocycles. The number of amides is 1. The fourth-order valence-electron chi connectivity index (χ4n) is 0.602. The molecule has 1 amide bonds. The second-order valence-electron chi connectivity index (χ2n) is 1.63. The van der Waals surface area contributed by atoms with E-state index in [0.29, 0.717) is 6.41 Å². The van der Waals surface area contributed by atoms with E-state index in [1.54, 1.807) is 0 Å². The smallest absolute Gasteiger partial charge is 0.211 e. The molecule has 0 atom stereocenters. The Morgan fingerprint density at radius 1 is 1.18 bits per heavy atom. The number of carbonyl (C=O) groups excluding carboxylic acids is 2. The molecule has 0 fully saturated rings. The molecule has 0 aromatic heterocycles. The lowest BCUT2D eigenvalue weighted by atomic mass is 10.3. The third-order valence-electron chi connectivity index (χ3n) is 0.999. The summed E-state index contributed by atoms with van der Waals surface area (Å²) in [7, 11) is 0. The highest BCUT2D eigenvalue weighted by atomic mass is 16.1. The van der Waals surface area contributed by atoms with Crippen molar-refractivity contribution in [2.45, 2.75) is 0 Å². The van der Waals surface area contributed by atoms with Gasteiger partial charge >= 0.3 is 0 Å². The summed E-state index contributed by atoms with van der Waals surface area (Å²) in [5.74, 6) is 0. The summed E-state index contributed by atoms with van der Waals surface area (Å²) in [6, 6.07) is 9.29. The zero-order chi connectivity index (χ0) is 8.53. The minimum absolute atomic E-state index is 0.662. The Bertz CT molecular complexity index is 199. The van der Waals surface area contributed by atoms with Crippen molar-refractivity contribution in [2.75, 3.05) is 5.32 Å². The lowest BCUT2D eigenvalue weighted by Crippen LogP contribution is -1.91. The average Bonchev–Trinajstić information content (AvgIpc) is 2.11. The maximum atomic E-state index is 9.86. The molecule has 1 aromatic carbocycles. The lowest BCUT2D eigenvalue weighted by molar-refractivity contribution is -0.105. The molecule has 1 rings (SSSR count). The maximum Gasteiger partial charge on any atom is 0.211 e. The number of para-hydroxylation sites is 1. The number of anilines is 1. The second kappa shape index (κ2) is 6.48. The second-order valence-corrected chi connectivity index (χ2v) is 1.63. The SMILES string of the molecule is C=O.O=CNc1ccccc1. The van der Waals surface area contributed by atoms with Gasteiger partial charge in [-0.25, -0.2) is 0 Å². The van der Waals surface area contributed by atoms with E-state index in [0.717, 1.165) is 5.69 Å². The number of hydrogen-bond acceptors (Lipinski definition) is 2. The molecular formula is C8H9NO2. The molecule has 3 heteroatoms. The van der Waals surface area contributed by atoms with Crippen LogP contribution in [0.25, 0.3) is 0 Å². The summed E-state index contributed by atoms with van der Waals surface area (Å²) in [6.07, 6.45) is 0.662. The topological polar surface area (TPSA) is 46.2 Å². The third-order valence-corrected chi connectivity index (χ3v) is 0.999. The van der Waals surface area contributed by atoms with Crippen LogP contribution in [0.5, 0.6) is 0 Å². The van der Waals surface area contributed by atoms with Gasteiger partial charge in [0.1, 0.15) is 6.79 Å². The van der Waals surface area contributed by atoms with Gasteiger partial charge < -0.3 is 10.1 Å². The van der Waals surface area contributed by atoms with Gasteiger partial charge in [0, 0.05) is 5.69 Å². The van der Waals surface area contributed by atoms with Crippen LogP contribution < -0.4 is 5.32 Å². The Labute approximate surface area is 65.0 Å². The van der Waals surface area contributed by atoms with Crippen LogP contribution in [-0.4, -0.2) is 13.2 Å². The van der Waals surface area contributed by atoms with Crippen molar-refractivity contribution in [3.63, 3.8) is 0 Å². The monoisotopic (exact) mass is 151 g/mol. The van der Waals surface area contributed by atoms with E-state index in [9.17, 15) is 4.79 Å². The van der Waals surface area contributed by atoms with Gasteiger partial charge in [-0.2, -0.15) is 0 Å². The Hall–Kier alpha value is -1.64. The average molecular weight is 151 g/mol. The number of hydrogen-bond donors (Lipinski definition) is 1. The zero-order valence-electron chi connectivity index (χ0n) is 5.99. The van der Waals surface area contributed by atoms with Gasteiger partial charge in [-0.1, -0.05) is 18.2 Å². The van der Waals surface area contributed by atoms with E-state index in [1.807, 2.05) is 37.1 Å². The van der Waals surface area contributed by atoms with Crippen LogP contribution in [0.2, 0.25) is 0 Å². The van der Waals surface area contributed by atoms with Crippen molar-refractivity contribution in [2.24, 2.45) is 0 Å². The molecular weight excluding hydrogens is 142 g/mol. The van der Waals surface area contributed by atoms with Gasteiger partial charge in [-0.3, -0.25) is 4.79 Å². The van der Waals surface area contributed by atoms with Crippen molar-refractivity contribution in [1.82, 2.24) is 0 Å². The Morgan fingerprint density at radius 3 is 2.18 bits per heavy atom. The molecule has 1 aromatic rings. The van der Waals surface area contributed by atoms with E-state index >= 15 is 0 Å². The third kappa shape index (κ3) is 3.86. The normalized spacial score (nSPS) is 7.27. The van der Waals surface area contributed by atoms with E-state index in [1.165, 1.54) is 0 Å². The summed E-state index contributed by atoms with van der Waals surface area (Å²) in [5.41, 5.74) is 0.826. The molecule has 0 aliphatic rings. The number of carbonyl (C=O) groups is 2. The molecule has 1 N–H and O–H groups in total. The minimum atomic E-state index is 0.662. The lowest BCUT2D eigenvalue weighted by Gasteiger charge is -1.93. The summed E-state index contributed by atoms with van der Waals surface area (Å²) >= 11 is 0. The van der Waals surface area contributed by atoms with E-state index < -0.39 is 0 Å². The number of rotatable bonds is 2. The van der Waals surface area contributed by atoms with Crippen molar-refractivity contribution in [3.05, 3.63) is 30.3 Å². The molecule has 0 unspecified atom stereocenters. The quantitative estimate of drug-likeness (QED) is 0.642. The first kappa shape index (κ1) is 9.36. The first-order valence-corrected chi connectivity index (χ1v) is 2.97. The van der Waals surface area contributed by atoms with Crippen molar-refractivity contribution in [1.29, 1.82) is 0 Å². The van der Waals surface area contributed by atoms with Gasteiger partial charge in [0.15, 0.2) is 0 Å². The molecule has 0 spiro atoms.